The van der Waals surface area contributed by atoms with Gasteiger partial charge in [0.15, 0.2) is 0 Å². The molecule has 0 bridgehead atoms. The lowest BCUT2D eigenvalue weighted by atomic mass is 9.91. The van der Waals surface area contributed by atoms with Crippen molar-refractivity contribution in [2.45, 2.75) is 64.7 Å². The van der Waals surface area contributed by atoms with Crippen LogP contribution in [0.3, 0.4) is 0 Å². The van der Waals surface area contributed by atoms with Crippen LogP contribution in [0.1, 0.15) is 63.8 Å². The van der Waals surface area contributed by atoms with Crippen molar-refractivity contribution in [1.82, 2.24) is 4.57 Å². The molecule has 3 rings (SSSR count). The van der Waals surface area contributed by atoms with E-state index in [0.29, 0.717) is 0 Å². The Labute approximate surface area is 206 Å². The van der Waals surface area contributed by atoms with Crippen molar-refractivity contribution in [3.05, 3.63) is 77.7 Å². The van der Waals surface area contributed by atoms with E-state index in [4.69, 9.17) is 5.11 Å². The SMILES string of the molecule is CC(C)c1c(-c2ccccc2)c(/C=C/C(O)CC(O)CC(=O)O)n(C(C)C)c1-c1ccc(F)cc1. The molecule has 0 radical (unpaired) electrons. The summed E-state index contributed by atoms with van der Waals surface area (Å²) in [6, 6.07) is 16.6. The van der Waals surface area contributed by atoms with Gasteiger partial charge in [0.25, 0.3) is 0 Å². The van der Waals surface area contributed by atoms with Gasteiger partial charge in [-0.05, 0) is 66.8 Å². The number of hydrogen-bond acceptors (Lipinski definition) is 3. The highest BCUT2D eigenvalue weighted by Gasteiger charge is 2.27. The minimum atomic E-state index is -1.14. The number of carbonyl (C=O) groups is 1. The lowest BCUT2D eigenvalue weighted by Crippen LogP contribution is -2.19. The predicted octanol–water partition coefficient (Wildman–Crippen LogP) is 6.27. The van der Waals surface area contributed by atoms with Gasteiger partial charge in [0.2, 0.25) is 0 Å². The van der Waals surface area contributed by atoms with Gasteiger partial charge >= 0.3 is 5.97 Å². The summed E-state index contributed by atoms with van der Waals surface area (Å²) in [5.74, 6) is -1.26. The molecule has 6 heteroatoms. The molecule has 0 spiro atoms. The fourth-order valence-corrected chi connectivity index (χ4v) is 4.54. The van der Waals surface area contributed by atoms with Crippen LogP contribution >= 0.6 is 0 Å². The average Bonchev–Trinajstić information content (AvgIpc) is 3.14. The van der Waals surface area contributed by atoms with E-state index in [9.17, 15) is 19.4 Å². The molecule has 3 N–H and O–H groups in total. The molecule has 1 heterocycles. The molecule has 186 valence electrons. The van der Waals surface area contributed by atoms with Crippen LogP contribution in [-0.4, -0.2) is 38.1 Å². The zero-order valence-electron chi connectivity index (χ0n) is 20.6. The topological polar surface area (TPSA) is 82.7 Å². The maximum absolute atomic E-state index is 13.8. The predicted molar refractivity (Wildman–Crippen MR) is 138 cm³/mol. The molecule has 0 aliphatic rings. The van der Waals surface area contributed by atoms with Crippen LogP contribution in [0.4, 0.5) is 4.39 Å². The second-order valence-electron chi connectivity index (χ2n) is 9.43. The molecule has 3 aromatic rings. The Morgan fingerprint density at radius 1 is 0.971 bits per heavy atom. The van der Waals surface area contributed by atoms with Gasteiger partial charge < -0.3 is 19.9 Å². The third-order valence-corrected chi connectivity index (χ3v) is 5.95. The second kappa shape index (κ2) is 11.5. The van der Waals surface area contributed by atoms with Crippen molar-refractivity contribution in [3.8, 4) is 22.4 Å². The first-order valence-corrected chi connectivity index (χ1v) is 12.0. The van der Waals surface area contributed by atoms with Gasteiger partial charge in [-0.2, -0.15) is 0 Å². The highest BCUT2D eigenvalue weighted by Crippen LogP contribution is 2.44. The van der Waals surface area contributed by atoms with E-state index in [0.717, 1.165) is 33.6 Å². The molecular weight excluding hydrogens is 445 g/mol. The van der Waals surface area contributed by atoms with Crippen molar-refractivity contribution < 1.29 is 24.5 Å². The number of halogens is 1. The minimum absolute atomic E-state index is 0.0550. The Balaban J connectivity index is 2.23. The molecule has 0 saturated heterocycles. The Morgan fingerprint density at radius 3 is 2.14 bits per heavy atom. The summed E-state index contributed by atoms with van der Waals surface area (Å²) in [5.41, 5.74) is 5.96. The fraction of sp³-hybridized carbons (Fsp3) is 0.345. The third kappa shape index (κ3) is 6.27. The number of carboxylic acids is 1. The summed E-state index contributed by atoms with van der Waals surface area (Å²) in [7, 11) is 0. The Hall–Kier alpha value is -3.22. The number of aliphatic hydroxyl groups is 2. The zero-order chi connectivity index (χ0) is 25.7. The van der Waals surface area contributed by atoms with E-state index >= 15 is 0 Å². The summed E-state index contributed by atoms with van der Waals surface area (Å²) >= 11 is 0. The number of nitrogens with zero attached hydrogens (tertiary/aromatic N) is 1. The van der Waals surface area contributed by atoms with Crippen LogP contribution in [-0.2, 0) is 4.79 Å². The number of aliphatic carboxylic acids is 1. The third-order valence-electron chi connectivity index (χ3n) is 5.95. The first kappa shape index (κ1) is 26.4. The zero-order valence-corrected chi connectivity index (χ0v) is 20.6. The first-order valence-electron chi connectivity index (χ1n) is 12.0. The summed E-state index contributed by atoms with van der Waals surface area (Å²) < 4.78 is 16.0. The monoisotopic (exact) mass is 479 g/mol. The van der Waals surface area contributed by atoms with Crippen LogP contribution in [0, 0.1) is 5.82 Å². The average molecular weight is 480 g/mol. The molecule has 0 aliphatic heterocycles. The van der Waals surface area contributed by atoms with Crippen molar-refractivity contribution >= 4 is 12.0 Å². The van der Waals surface area contributed by atoms with E-state index in [1.807, 2.05) is 36.4 Å². The van der Waals surface area contributed by atoms with E-state index in [2.05, 4.69) is 32.3 Å². The number of benzene rings is 2. The molecule has 2 unspecified atom stereocenters. The summed E-state index contributed by atoms with van der Waals surface area (Å²) in [6.07, 6.45) is 0.797. The molecule has 0 saturated carbocycles. The van der Waals surface area contributed by atoms with Crippen LogP contribution in [0.15, 0.2) is 60.7 Å². The van der Waals surface area contributed by atoms with Crippen LogP contribution < -0.4 is 0 Å². The van der Waals surface area contributed by atoms with Gasteiger partial charge in [-0.1, -0.05) is 50.3 Å². The Kier molecular flexibility index (Phi) is 8.65. The molecular formula is C29H34FNO4. The van der Waals surface area contributed by atoms with E-state index in [-0.39, 0.29) is 24.2 Å². The fourth-order valence-electron chi connectivity index (χ4n) is 4.54. The summed E-state index contributed by atoms with van der Waals surface area (Å²) in [5, 5.41) is 29.4. The Morgan fingerprint density at radius 2 is 1.60 bits per heavy atom. The number of aromatic nitrogens is 1. The minimum Gasteiger partial charge on any atom is -0.481 e. The molecule has 2 atom stereocenters. The molecule has 35 heavy (non-hydrogen) atoms. The number of hydrogen-bond donors (Lipinski definition) is 3. The van der Waals surface area contributed by atoms with Crippen molar-refractivity contribution in [1.29, 1.82) is 0 Å². The molecule has 1 aromatic heterocycles. The number of rotatable bonds is 10. The number of carboxylic acid groups (broad SMARTS) is 1. The standard InChI is InChI=1S/C29H34FNO4/c1-18(2)27-28(20-8-6-5-7-9-20)25(15-14-23(32)16-24(33)17-26(34)35)31(19(3)4)29(27)21-10-12-22(30)13-11-21/h5-15,18-19,23-24,32-33H,16-17H2,1-4H3,(H,34,35)/b15-14+. The smallest absolute Gasteiger partial charge is 0.305 e. The summed E-state index contributed by atoms with van der Waals surface area (Å²) in [4.78, 5) is 10.9. The maximum Gasteiger partial charge on any atom is 0.305 e. The van der Waals surface area contributed by atoms with E-state index in [1.165, 1.54) is 12.1 Å². The van der Waals surface area contributed by atoms with Gasteiger partial charge in [-0.3, -0.25) is 4.79 Å². The van der Waals surface area contributed by atoms with Crippen molar-refractivity contribution in [3.63, 3.8) is 0 Å². The normalized spacial score (nSPS) is 13.6. The molecule has 0 amide bonds. The largest absolute Gasteiger partial charge is 0.481 e. The van der Waals surface area contributed by atoms with Gasteiger partial charge in [-0.15, -0.1) is 0 Å². The van der Waals surface area contributed by atoms with Crippen LogP contribution in [0.2, 0.25) is 0 Å². The lowest BCUT2D eigenvalue weighted by Gasteiger charge is -2.18. The summed E-state index contributed by atoms with van der Waals surface area (Å²) in [6.45, 7) is 8.42. The molecule has 5 nitrogen and oxygen atoms in total. The van der Waals surface area contributed by atoms with E-state index < -0.39 is 24.6 Å². The van der Waals surface area contributed by atoms with Crippen molar-refractivity contribution in [2.75, 3.05) is 0 Å². The molecule has 0 fully saturated rings. The highest BCUT2D eigenvalue weighted by molar-refractivity contribution is 5.86. The molecule has 0 aliphatic carbocycles. The van der Waals surface area contributed by atoms with Crippen molar-refractivity contribution in [2.24, 2.45) is 0 Å². The van der Waals surface area contributed by atoms with Crippen LogP contribution in [0.25, 0.3) is 28.5 Å². The van der Waals surface area contributed by atoms with Gasteiger partial charge in [-0.25, -0.2) is 4.39 Å². The molecule has 2 aromatic carbocycles. The number of aliphatic hydroxyl groups excluding tert-OH is 2. The van der Waals surface area contributed by atoms with Gasteiger partial charge in [0.05, 0.1) is 24.3 Å². The maximum atomic E-state index is 13.8. The Bertz CT molecular complexity index is 1160. The quantitative estimate of drug-likeness (QED) is 0.320. The lowest BCUT2D eigenvalue weighted by molar-refractivity contribution is -0.139. The highest BCUT2D eigenvalue weighted by atomic mass is 19.1. The van der Waals surface area contributed by atoms with Gasteiger partial charge in [0, 0.05) is 23.7 Å². The van der Waals surface area contributed by atoms with Crippen LogP contribution in [0.5, 0.6) is 0 Å². The van der Waals surface area contributed by atoms with E-state index in [1.54, 1.807) is 18.2 Å². The van der Waals surface area contributed by atoms with Gasteiger partial charge in [0.1, 0.15) is 5.82 Å². The first-order chi connectivity index (χ1) is 16.6. The second-order valence-corrected chi connectivity index (χ2v) is 9.43.